The van der Waals surface area contributed by atoms with Crippen molar-refractivity contribution < 1.29 is 22.1 Å². The zero-order valence-electron chi connectivity index (χ0n) is 9.25. The van der Waals surface area contributed by atoms with Gasteiger partial charge in [-0.1, -0.05) is 24.3 Å². The number of hydrogen-bond donors (Lipinski definition) is 0. The van der Waals surface area contributed by atoms with E-state index in [-0.39, 0.29) is 4.90 Å². The molecule has 0 atom stereocenters. The SMILES string of the molecule is C=CC(=O)OCOS(=O)(=O)c1ccc(C)cc1. The Morgan fingerprint density at radius 1 is 1.35 bits per heavy atom. The average Bonchev–Trinajstić information content (AvgIpc) is 2.29. The minimum atomic E-state index is -3.89. The van der Waals surface area contributed by atoms with Gasteiger partial charge >= 0.3 is 5.97 Å². The summed E-state index contributed by atoms with van der Waals surface area (Å²) in [6, 6.07) is 6.12. The lowest BCUT2D eigenvalue weighted by atomic mass is 10.2. The van der Waals surface area contributed by atoms with Gasteiger partial charge in [0.15, 0.2) is 0 Å². The summed E-state index contributed by atoms with van der Waals surface area (Å²) in [5.41, 5.74) is 0.932. The van der Waals surface area contributed by atoms with Gasteiger partial charge in [-0.25, -0.2) is 8.98 Å². The highest BCUT2D eigenvalue weighted by molar-refractivity contribution is 7.86. The first-order valence-electron chi connectivity index (χ1n) is 4.71. The molecule has 92 valence electrons. The van der Waals surface area contributed by atoms with Crippen molar-refractivity contribution >= 4 is 16.1 Å². The van der Waals surface area contributed by atoms with E-state index in [4.69, 9.17) is 0 Å². The van der Waals surface area contributed by atoms with Crippen molar-refractivity contribution in [2.24, 2.45) is 0 Å². The van der Waals surface area contributed by atoms with Crippen LogP contribution in [-0.2, 0) is 23.8 Å². The number of benzene rings is 1. The van der Waals surface area contributed by atoms with Crippen LogP contribution in [0.4, 0.5) is 0 Å². The Labute approximate surface area is 99.8 Å². The zero-order chi connectivity index (χ0) is 12.9. The number of carbonyl (C=O) groups excluding carboxylic acids is 1. The summed E-state index contributed by atoms with van der Waals surface area (Å²) in [4.78, 5) is 10.7. The molecule has 0 aliphatic heterocycles. The molecule has 0 N–H and O–H groups in total. The van der Waals surface area contributed by atoms with Gasteiger partial charge in [0.1, 0.15) is 0 Å². The maximum atomic E-state index is 11.6. The van der Waals surface area contributed by atoms with E-state index in [2.05, 4.69) is 15.5 Å². The Hall–Kier alpha value is -1.66. The minimum absolute atomic E-state index is 0.0118. The molecule has 1 aromatic rings. The van der Waals surface area contributed by atoms with Crippen molar-refractivity contribution in [3.05, 3.63) is 42.5 Å². The molecule has 0 aromatic heterocycles. The van der Waals surface area contributed by atoms with Crippen LogP contribution in [0, 0.1) is 6.92 Å². The highest BCUT2D eigenvalue weighted by Crippen LogP contribution is 2.12. The normalized spacial score (nSPS) is 10.9. The molecule has 5 nitrogen and oxygen atoms in total. The van der Waals surface area contributed by atoms with Crippen LogP contribution < -0.4 is 0 Å². The summed E-state index contributed by atoms with van der Waals surface area (Å²) in [5.74, 6) is -0.746. The first-order chi connectivity index (χ1) is 7.95. The molecule has 0 fully saturated rings. The van der Waals surface area contributed by atoms with Gasteiger partial charge in [-0.05, 0) is 19.1 Å². The largest absolute Gasteiger partial charge is 0.434 e. The fourth-order valence-electron chi connectivity index (χ4n) is 0.977. The molecule has 0 unspecified atom stereocenters. The van der Waals surface area contributed by atoms with Crippen LogP contribution in [0.3, 0.4) is 0 Å². The molecule has 6 heteroatoms. The van der Waals surface area contributed by atoms with Gasteiger partial charge in [-0.15, -0.1) is 0 Å². The second kappa shape index (κ2) is 5.60. The van der Waals surface area contributed by atoms with E-state index < -0.39 is 22.9 Å². The first kappa shape index (κ1) is 13.4. The van der Waals surface area contributed by atoms with E-state index in [1.165, 1.54) is 12.1 Å². The van der Waals surface area contributed by atoms with Gasteiger partial charge in [0.25, 0.3) is 10.1 Å². The summed E-state index contributed by atoms with van der Waals surface area (Å²) < 4.78 is 32.1. The number of esters is 1. The zero-order valence-corrected chi connectivity index (χ0v) is 10.1. The van der Waals surface area contributed by atoms with Crippen LogP contribution in [0.15, 0.2) is 41.8 Å². The molecule has 0 aliphatic rings. The third kappa shape index (κ3) is 4.01. The monoisotopic (exact) mass is 256 g/mol. The number of hydrogen-bond acceptors (Lipinski definition) is 5. The van der Waals surface area contributed by atoms with Crippen LogP contribution in [-0.4, -0.2) is 21.2 Å². The lowest BCUT2D eigenvalue weighted by Gasteiger charge is -2.05. The fraction of sp³-hybridized carbons (Fsp3) is 0.182. The molecule has 1 rings (SSSR count). The van der Waals surface area contributed by atoms with Crippen LogP contribution in [0.2, 0.25) is 0 Å². The molecule has 17 heavy (non-hydrogen) atoms. The molecular weight excluding hydrogens is 244 g/mol. The molecule has 1 aromatic carbocycles. The third-order valence-corrected chi connectivity index (χ3v) is 3.14. The molecule has 0 heterocycles. The molecular formula is C11H12O5S. The smallest absolute Gasteiger partial charge is 0.332 e. The number of ether oxygens (including phenoxy) is 1. The van der Waals surface area contributed by atoms with Crippen LogP contribution in [0.5, 0.6) is 0 Å². The Morgan fingerprint density at radius 3 is 2.47 bits per heavy atom. The van der Waals surface area contributed by atoms with Gasteiger partial charge < -0.3 is 4.74 Å². The Kier molecular flexibility index (Phi) is 4.42. The van der Waals surface area contributed by atoms with E-state index >= 15 is 0 Å². The Bertz CT molecular complexity index is 501. The summed E-state index contributed by atoms with van der Waals surface area (Å²) in [7, 11) is -3.89. The molecule has 0 bridgehead atoms. The second-order valence-electron chi connectivity index (χ2n) is 3.17. The molecule has 0 amide bonds. The summed E-state index contributed by atoms with van der Waals surface area (Å²) in [5, 5.41) is 0. The molecule has 0 radical (unpaired) electrons. The van der Waals surface area contributed by atoms with Crippen molar-refractivity contribution in [1.82, 2.24) is 0 Å². The van der Waals surface area contributed by atoms with Gasteiger partial charge in [0, 0.05) is 6.08 Å². The Morgan fingerprint density at radius 2 is 1.94 bits per heavy atom. The lowest BCUT2D eigenvalue weighted by Crippen LogP contribution is -2.12. The molecule has 0 saturated heterocycles. The third-order valence-electron chi connectivity index (χ3n) is 1.88. The lowest BCUT2D eigenvalue weighted by molar-refractivity contribution is -0.143. The summed E-state index contributed by atoms with van der Waals surface area (Å²) in [6.45, 7) is 4.33. The van der Waals surface area contributed by atoms with E-state index in [1.54, 1.807) is 12.1 Å². The molecule has 0 aliphatic carbocycles. The highest BCUT2D eigenvalue weighted by Gasteiger charge is 2.15. The average molecular weight is 256 g/mol. The van der Waals surface area contributed by atoms with Gasteiger partial charge in [0.2, 0.25) is 6.79 Å². The first-order valence-corrected chi connectivity index (χ1v) is 6.12. The van der Waals surface area contributed by atoms with Crippen molar-refractivity contribution in [1.29, 1.82) is 0 Å². The summed E-state index contributed by atoms with van der Waals surface area (Å²) in [6.07, 6.45) is 0.919. The van der Waals surface area contributed by atoms with E-state index in [0.717, 1.165) is 11.6 Å². The summed E-state index contributed by atoms with van der Waals surface area (Å²) >= 11 is 0. The van der Waals surface area contributed by atoms with Crippen molar-refractivity contribution in [2.75, 3.05) is 6.79 Å². The second-order valence-corrected chi connectivity index (χ2v) is 4.79. The number of aryl methyl sites for hydroxylation is 1. The molecule has 0 spiro atoms. The van der Waals surface area contributed by atoms with Crippen molar-refractivity contribution in [3.8, 4) is 0 Å². The van der Waals surface area contributed by atoms with Gasteiger partial charge in [-0.2, -0.15) is 8.42 Å². The topological polar surface area (TPSA) is 69.7 Å². The van der Waals surface area contributed by atoms with Gasteiger partial charge in [0.05, 0.1) is 4.90 Å². The number of carbonyl (C=O) groups is 1. The highest BCUT2D eigenvalue weighted by atomic mass is 32.2. The van der Waals surface area contributed by atoms with Crippen LogP contribution >= 0.6 is 0 Å². The van der Waals surface area contributed by atoms with E-state index in [9.17, 15) is 13.2 Å². The van der Waals surface area contributed by atoms with E-state index in [1.807, 2.05) is 6.92 Å². The van der Waals surface area contributed by atoms with Crippen LogP contribution in [0.1, 0.15) is 5.56 Å². The quantitative estimate of drug-likeness (QED) is 0.344. The molecule has 0 saturated carbocycles. The number of rotatable bonds is 5. The minimum Gasteiger partial charge on any atom is -0.434 e. The van der Waals surface area contributed by atoms with Crippen molar-refractivity contribution in [2.45, 2.75) is 11.8 Å². The maximum absolute atomic E-state index is 11.6. The standard InChI is InChI=1S/C11H12O5S/c1-3-11(12)15-8-16-17(13,14)10-6-4-9(2)5-7-10/h3-7H,1,8H2,2H3. The predicted molar refractivity (Wildman–Crippen MR) is 60.6 cm³/mol. The fourth-order valence-corrected chi connectivity index (χ4v) is 1.76. The van der Waals surface area contributed by atoms with Crippen molar-refractivity contribution in [3.63, 3.8) is 0 Å². The van der Waals surface area contributed by atoms with Crippen LogP contribution in [0.25, 0.3) is 0 Å². The predicted octanol–water partition coefficient (Wildman–Crippen LogP) is 1.39. The maximum Gasteiger partial charge on any atom is 0.332 e. The Balaban J connectivity index is 2.66. The van der Waals surface area contributed by atoms with Gasteiger partial charge in [-0.3, -0.25) is 0 Å². The van der Waals surface area contributed by atoms with E-state index in [0.29, 0.717) is 0 Å².